The van der Waals surface area contributed by atoms with Gasteiger partial charge in [-0.2, -0.15) is 0 Å². The number of hydrogen-bond acceptors (Lipinski definition) is 5. The maximum Gasteiger partial charge on any atom is 0.342 e. The molecule has 0 saturated heterocycles. The third-order valence-electron chi connectivity index (χ3n) is 3.11. The van der Waals surface area contributed by atoms with Crippen LogP contribution in [-0.2, 0) is 4.74 Å². The van der Waals surface area contributed by atoms with Gasteiger partial charge >= 0.3 is 5.97 Å². The Balaban J connectivity index is 1.78. The van der Waals surface area contributed by atoms with E-state index < -0.39 is 11.7 Å². The van der Waals surface area contributed by atoms with Gasteiger partial charge in [0, 0.05) is 6.42 Å². The highest BCUT2D eigenvalue weighted by Crippen LogP contribution is 2.32. The fourth-order valence-corrected chi connectivity index (χ4v) is 1.85. The van der Waals surface area contributed by atoms with Crippen molar-refractivity contribution in [2.45, 2.75) is 13.3 Å². The van der Waals surface area contributed by atoms with Crippen molar-refractivity contribution < 1.29 is 24.5 Å². The highest BCUT2D eigenvalue weighted by atomic mass is 16.5. The number of carbonyl (C=O) groups is 1. The van der Waals surface area contributed by atoms with Gasteiger partial charge in [-0.3, -0.25) is 0 Å². The summed E-state index contributed by atoms with van der Waals surface area (Å²) in [7, 11) is 0. The molecular weight excluding hydrogens is 284 g/mol. The van der Waals surface area contributed by atoms with Crippen LogP contribution >= 0.6 is 0 Å². The van der Waals surface area contributed by atoms with Crippen molar-refractivity contribution in [3.05, 3.63) is 53.6 Å². The Morgan fingerprint density at radius 2 is 1.73 bits per heavy atom. The van der Waals surface area contributed by atoms with Crippen LogP contribution in [0.5, 0.6) is 17.2 Å². The topological polar surface area (TPSA) is 76.0 Å². The first-order chi connectivity index (χ1) is 10.6. The van der Waals surface area contributed by atoms with Crippen LogP contribution in [0, 0.1) is 6.92 Å². The molecule has 0 unspecified atom stereocenters. The zero-order valence-electron chi connectivity index (χ0n) is 12.3. The van der Waals surface area contributed by atoms with Gasteiger partial charge < -0.3 is 19.7 Å². The van der Waals surface area contributed by atoms with Crippen LogP contribution < -0.4 is 4.74 Å². The smallest absolute Gasteiger partial charge is 0.342 e. The monoisotopic (exact) mass is 302 g/mol. The maximum atomic E-state index is 11.8. The molecule has 0 spiro atoms. The Hall–Kier alpha value is -2.69. The molecule has 0 radical (unpaired) electrons. The van der Waals surface area contributed by atoms with Crippen molar-refractivity contribution in [2.24, 2.45) is 0 Å². The summed E-state index contributed by atoms with van der Waals surface area (Å²) in [6, 6.07) is 12.3. The van der Waals surface area contributed by atoms with Crippen LogP contribution in [0.15, 0.2) is 42.5 Å². The molecule has 0 aromatic heterocycles. The van der Waals surface area contributed by atoms with E-state index in [1.54, 1.807) is 13.0 Å². The first-order valence-electron chi connectivity index (χ1n) is 6.96. The van der Waals surface area contributed by atoms with Crippen LogP contribution in [0.25, 0.3) is 0 Å². The number of para-hydroxylation sites is 1. The van der Waals surface area contributed by atoms with E-state index in [2.05, 4.69) is 0 Å². The summed E-state index contributed by atoms with van der Waals surface area (Å²) in [4.78, 5) is 11.8. The number of aromatic hydroxyl groups is 2. The van der Waals surface area contributed by atoms with Gasteiger partial charge in [-0.1, -0.05) is 24.3 Å². The standard InChI is InChI=1S/C17H18O5/c1-12-8-9-14(16(19)15(12)18)17(20)22-11-5-10-21-13-6-3-2-4-7-13/h2-4,6-9,18-19H,5,10-11H2,1H3. The summed E-state index contributed by atoms with van der Waals surface area (Å²) in [5.41, 5.74) is 0.442. The molecule has 0 bridgehead atoms. The Labute approximate surface area is 128 Å². The number of rotatable bonds is 6. The molecule has 0 fully saturated rings. The number of phenols is 2. The third-order valence-corrected chi connectivity index (χ3v) is 3.11. The number of phenolic OH excluding ortho intramolecular Hbond substituents is 2. The lowest BCUT2D eigenvalue weighted by atomic mass is 10.1. The Kier molecular flexibility index (Phi) is 5.25. The Morgan fingerprint density at radius 3 is 2.45 bits per heavy atom. The predicted octanol–water partition coefficient (Wildman–Crippen LogP) is 3.03. The normalized spacial score (nSPS) is 10.2. The molecule has 0 heterocycles. The van der Waals surface area contributed by atoms with Crippen molar-refractivity contribution in [3.8, 4) is 17.2 Å². The van der Waals surface area contributed by atoms with Crippen molar-refractivity contribution in [1.82, 2.24) is 0 Å². The van der Waals surface area contributed by atoms with Crippen LogP contribution in [0.2, 0.25) is 0 Å². The number of hydrogen-bond donors (Lipinski definition) is 2. The van der Waals surface area contributed by atoms with Crippen LogP contribution in [-0.4, -0.2) is 29.4 Å². The van der Waals surface area contributed by atoms with Crippen molar-refractivity contribution in [2.75, 3.05) is 13.2 Å². The van der Waals surface area contributed by atoms with Gasteiger partial charge in [-0.05, 0) is 30.7 Å². The number of carbonyl (C=O) groups excluding carboxylic acids is 1. The second-order valence-electron chi connectivity index (χ2n) is 4.78. The van der Waals surface area contributed by atoms with Gasteiger partial charge in [0.15, 0.2) is 11.5 Å². The van der Waals surface area contributed by atoms with Crippen molar-refractivity contribution in [3.63, 3.8) is 0 Å². The average Bonchev–Trinajstić information content (AvgIpc) is 2.53. The summed E-state index contributed by atoms with van der Waals surface area (Å²) < 4.78 is 10.5. The van der Waals surface area contributed by atoms with Gasteiger partial charge in [0.25, 0.3) is 0 Å². The SMILES string of the molecule is Cc1ccc(C(=O)OCCCOc2ccccc2)c(O)c1O. The molecule has 2 N–H and O–H groups in total. The molecule has 0 saturated carbocycles. The second-order valence-corrected chi connectivity index (χ2v) is 4.78. The molecule has 0 atom stereocenters. The van der Waals surface area contributed by atoms with Crippen LogP contribution in [0.3, 0.4) is 0 Å². The Bertz CT molecular complexity index is 637. The molecule has 0 amide bonds. The molecule has 22 heavy (non-hydrogen) atoms. The number of ether oxygens (including phenoxy) is 2. The molecule has 0 aliphatic heterocycles. The number of aryl methyl sites for hydroxylation is 1. The van der Waals surface area contributed by atoms with Gasteiger partial charge in [0.2, 0.25) is 0 Å². The van der Waals surface area contributed by atoms with E-state index in [0.29, 0.717) is 18.6 Å². The largest absolute Gasteiger partial charge is 0.504 e. The van der Waals surface area contributed by atoms with Crippen molar-refractivity contribution in [1.29, 1.82) is 0 Å². The molecule has 0 aliphatic rings. The minimum atomic E-state index is -0.674. The van der Waals surface area contributed by atoms with E-state index >= 15 is 0 Å². The molecular formula is C17H18O5. The predicted molar refractivity (Wildman–Crippen MR) is 81.3 cm³/mol. The zero-order chi connectivity index (χ0) is 15.9. The Morgan fingerprint density at radius 1 is 1.00 bits per heavy atom. The van der Waals surface area contributed by atoms with Gasteiger partial charge in [-0.25, -0.2) is 4.79 Å². The van der Waals surface area contributed by atoms with Crippen LogP contribution in [0.4, 0.5) is 0 Å². The lowest BCUT2D eigenvalue weighted by molar-refractivity contribution is 0.0482. The zero-order valence-corrected chi connectivity index (χ0v) is 12.3. The van der Waals surface area contributed by atoms with E-state index in [1.165, 1.54) is 6.07 Å². The molecule has 2 aromatic carbocycles. The number of esters is 1. The summed E-state index contributed by atoms with van der Waals surface area (Å²) in [6.45, 7) is 2.22. The highest BCUT2D eigenvalue weighted by Gasteiger charge is 2.16. The van der Waals surface area contributed by atoms with E-state index in [0.717, 1.165) is 5.75 Å². The summed E-state index contributed by atoms with van der Waals surface area (Å²) in [5.74, 6) is -0.671. The number of benzene rings is 2. The molecule has 2 aromatic rings. The van der Waals surface area contributed by atoms with Crippen molar-refractivity contribution >= 4 is 5.97 Å². The van der Waals surface area contributed by atoms with E-state index in [-0.39, 0.29) is 17.9 Å². The van der Waals surface area contributed by atoms with E-state index in [1.807, 2.05) is 30.3 Å². The minimum absolute atomic E-state index is 0.0490. The summed E-state index contributed by atoms with van der Waals surface area (Å²) >= 11 is 0. The summed E-state index contributed by atoms with van der Waals surface area (Å²) in [5, 5.41) is 19.3. The second kappa shape index (κ2) is 7.36. The van der Waals surface area contributed by atoms with E-state index in [4.69, 9.17) is 9.47 Å². The fourth-order valence-electron chi connectivity index (χ4n) is 1.85. The van der Waals surface area contributed by atoms with Gasteiger partial charge in [-0.15, -0.1) is 0 Å². The van der Waals surface area contributed by atoms with Gasteiger partial charge in [0.1, 0.15) is 11.3 Å². The molecule has 2 rings (SSSR count). The van der Waals surface area contributed by atoms with Gasteiger partial charge in [0.05, 0.1) is 13.2 Å². The lowest BCUT2D eigenvalue weighted by Crippen LogP contribution is -2.09. The molecule has 0 aliphatic carbocycles. The lowest BCUT2D eigenvalue weighted by Gasteiger charge is -2.09. The minimum Gasteiger partial charge on any atom is -0.504 e. The third kappa shape index (κ3) is 3.91. The van der Waals surface area contributed by atoms with E-state index in [9.17, 15) is 15.0 Å². The summed E-state index contributed by atoms with van der Waals surface area (Å²) in [6.07, 6.45) is 0.527. The molecule has 116 valence electrons. The maximum absolute atomic E-state index is 11.8. The quantitative estimate of drug-likeness (QED) is 0.487. The highest BCUT2D eigenvalue weighted by molar-refractivity contribution is 5.93. The first-order valence-corrected chi connectivity index (χ1v) is 6.96. The molecule has 5 heteroatoms. The fraction of sp³-hybridized carbons (Fsp3) is 0.235. The average molecular weight is 302 g/mol. The van der Waals surface area contributed by atoms with Crippen LogP contribution in [0.1, 0.15) is 22.3 Å². The molecule has 5 nitrogen and oxygen atoms in total. The first kappa shape index (κ1) is 15.7.